The molecule has 1 aliphatic heterocycles. The number of aliphatic hydroxyl groups excluding tert-OH is 1. The summed E-state index contributed by atoms with van der Waals surface area (Å²) in [6.07, 6.45) is 3.17. The van der Waals surface area contributed by atoms with Crippen LogP contribution in [0.5, 0.6) is 5.75 Å². The molecule has 0 aliphatic carbocycles. The fourth-order valence-electron chi connectivity index (χ4n) is 3.81. The van der Waals surface area contributed by atoms with Gasteiger partial charge in [0.25, 0.3) is 11.7 Å². The minimum absolute atomic E-state index is 0.0307. The van der Waals surface area contributed by atoms with Gasteiger partial charge in [-0.3, -0.25) is 19.5 Å². The lowest BCUT2D eigenvalue weighted by molar-refractivity contribution is -0.132. The van der Waals surface area contributed by atoms with Gasteiger partial charge in [0.05, 0.1) is 24.3 Å². The van der Waals surface area contributed by atoms with E-state index in [-0.39, 0.29) is 11.3 Å². The molecule has 1 unspecified atom stereocenters. The van der Waals surface area contributed by atoms with Crippen LogP contribution >= 0.6 is 11.6 Å². The molecule has 2 aromatic carbocycles. The number of aliphatic hydroxyl groups is 1. The molecule has 3 aromatic rings. The van der Waals surface area contributed by atoms with Crippen molar-refractivity contribution in [2.24, 2.45) is 0 Å². The lowest BCUT2D eigenvalue weighted by atomic mass is 9.95. The number of methoxy groups -OCH3 is 1. The number of ether oxygens (including phenoxy) is 1. The van der Waals surface area contributed by atoms with Crippen LogP contribution in [0.25, 0.3) is 5.76 Å². The predicted octanol–water partition coefficient (Wildman–Crippen LogP) is 4.68. The number of aryl methyl sites for hydroxylation is 1. The summed E-state index contributed by atoms with van der Waals surface area (Å²) in [6, 6.07) is 14.5. The zero-order chi connectivity index (χ0) is 22.1. The van der Waals surface area contributed by atoms with Crippen LogP contribution in [-0.4, -0.2) is 28.9 Å². The molecule has 0 saturated carbocycles. The topological polar surface area (TPSA) is 79.7 Å². The molecule has 4 rings (SSSR count). The summed E-state index contributed by atoms with van der Waals surface area (Å²) in [5.74, 6) is -1.44. The third kappa shape index (κ3) is 3.55. The van der Waals surface area contributed by atoms with Gasteiger partial charge in [-0.2, -0.15) is 0 Å². The van der Waals surface area contributed by atoms with Gasteiger partial charge in [-0.1, -0.05) is 29.8 Å². The molecular formula is C24H19ClN2O4. The first-order valence-corrected chi connectivity index (χ1v) is 9.92. The average Bonchev–Trinajstić information content (AvgIpc) is 3.04. The molecular weight excluding hydrogens is 416 g/mol. The highest BCUT2D eigenvalue weighted by atomic mass is 35.5. The number of carbonyl (C=O) groups is 2. The van der Waals surface area contributed by atoms with Crippen molar-refractivity contribution in [1.29, 1.82) is 0 Å². The number of Topliss-reactive ketones (excluding diaryl/α,β-unsaturated/α-hetero) is 1. The largest absolute Gasteiger partial charge is 0.507 e. The van der Waals surface area contributed by atoms with E-state index in [1.807, 2.05) is 0 Å². The molecule has 0 radical (unpaired) electrons. The number of pyridine rings is 1. The van der Waals surface area contributed by atoms with Gasteiger partial charge in [-0.15, -0.1) is 0 Å². The summed E-state index contributed by atoms with van der Waals surface area (Å²) >= 11 is 6.09. The van der Waals surface area contributed by atoms with Crippen molar-refractivity contribution in [1.82, 2.24) is 4.98 Å². The van der Waals surface area contributed by atoms with Crippen molar-refractivity contribution in [3.8, 4) is 5.75 Å². The van der Waals surface area contributed by atoms with Gasteiger partial charge >= 0.3 is 0 Å². The van der Waals surface area contributed by atoms with Crippen LogP contribution in [0.1, 0.15) is 22.7 Å². The van der Waals surface area contributed by atoms with E-state index in [0.717, 1.165) is 5.56 Å². The molecule has 2 heterocycles. The second-order valence-corrected chi connectivity index (χ2v) is 7.52. The van der Waals surface area contributed by atoms with Crippen LogP contribution < -0.4 is 9.64 Å². The molecule has 1 fully saturated rings. The molecule has 1 N–H and O–H groups in total. The van der Waals surface area contributed by atoms with Crippen molar-refractivity contribution in [3.63, 3.8) is 0 Å². The number of amides is 1. The Kier molecular flexibility index (Phi) is 5.48. The Hall–Kier alpha value is -3.64. The number of aromatic nitrogens is 1. The molecule has 0 spiro atoms. The molecule has 1 amide bonds. The van der Waals surface area contributed by atoms with E-state index in [0.29, 0.717) is 27.6 Å². The number of carbonyl (C=O) groups excluding carboxylic acids is 2. The van der Waals surface area contributed by atoms with Gasteiger partial charge in [0.15, 0.2) is 0 Å². The molecule has 6 nitrogen and oxygen atoms in total. The van der Waals surface area contributed by atoms with E-state index >= 15 is 0 Å². The third-order valence-electron chi connectivity index (χ3n) is 5.23. The van der Waals surface area contributed by atoms with Crippen LogP contribution in [-0.2, 0) is 9.59 Å². The minimum atomic E-state index is -0.863. The van der Waals surface area contributed by atoms with Crippen LogP contribution in [0.15, 0.2) is 72.6 Å². The summed E-state index contributed by atoms with van der Waals surface area (Å²) < 4.78 is 5.34. The van der Waals surface area contributed by atoms with Crippen molar-refractivity contribution in [3.05, 3.63) is 94.3 Å². The van der Waals surface area contributed by atoms with Gasteiger partial charge in [0.1, 0.15) is 11.5 Å². The normalized spacial score (nSPS) is 17.8. The third-order valence-corrected chi connectivity index (χ3v) is 5.46. The highest BCUT2D eigenvalue weighted by molar-refractivity contribution is 6.51. The monoisotopic (exact) mass is 434 g/mol. The van der Waals surface area contributed by atoms with E-state index in [4.69, 9.17) is 16.3 Å². The number of ketones is 1. The van der Waals surface area contributed by atoms with E-state index in [1.165, 1.54) is 12.0 Å². The van der Waals surface area contributed by atoms with Gasteiger partial charge in [0.2, 0.25) is 0 Å². The summed E-state index contributed by atoms with van der Waals surface area (Å²) in [5.41, 5.74) is 2.13. The number of hydrogen-bond acceptors (Lipinski definition) is 5. The van der Waals surface area contributed by atoms with E-state index < -0.39 is 17.7 Å². The zero-order valence-electron chi connectivity index (χ0n) is 16.9. The summed E-state index contributed by atoms with van der Waals surface area (Å²) in [5, 5.41) is 11.7. The molecule has 31 heavy (non-hydrogen) atoms. The van der Waals surface area contributed by atoms with Crippen molar-refractivity contribution in [2.75, 3.05) is 12.0 Å². The Morgan fingerprint density at radius 3 is 2.58 bits per heavy atom. The highest BCUT2D eigenvalue weighted by Gasteiger charge is 2.47. The average molecular weight is 435 g/mol. The van der Waals surface area contributed by atoms with E-state index in [1.54, 1.807) is 73.9 Å². The first kappa shape index (κ1) is 20.6. The molecule has 156 valence electrons. The number of rotatable bonds is 4. The van der Waals surface area contributed by atoms with Crippen molar-refractivity contribution in [2.45, 2.75) is 13.0 Å². The van der Waals surface area contributed by atoms with Crippen LogP contribution in [0.4, 0.5) is 5.69 Å². The lowest BCUT2D eigenvalue weighted by Crippen LogP contribution is -2.30. The van der Waals surface area contributed by atoms with Gasteiger partial charge in [-0.25, -0.2) is 0 Å². The Labute approximate surface area is 184 Å². The molecule has 0 bridgehead atoms. The number of nitrogens with zero attached hydrogens (tertiary/aromatic N) is 2. The summed E-state index contributed by atoms with van der Waals surface area (Å²) in [7, 11) is 1.47. The van der Waals surface area contributed by atoms with Crippen LogP contribution in [0, 0.1) is 6.92 Å². The maximum Gasteiger partial charge on any atom is 0.300 e. The number of benzene rings is 2. The Morgan fingerprint density at radius 2 is 1.90 bits per heavy atom. The SMILES string of the molecule is COc1ccccc1/C(O)=C1\C(=O)C(=O)N(c2ccc(Cl)cc2C)C1c1cccnc1. The molecule has 1 aliphatic rings. The quantitative estimate of drug-likeness (QED) is 0.366. The standard InChI is InChI=1S/C24H19ClN2O4/c1-14-12-16(25)9-10-18(14)27-21(15-6-5-11-26-13-15)20(23(29)24(27)30)22(28)17-7-3-4-8-19(17)31-2/h3-13,21,28H,1-2H3/b22-20+. The zero-order valence-corrected chi connectivity index (χ0v) is 17.6. The van der Waals surface area contributed by atoms with Crippen molar-refractivity contribution < 1.29 is 19.4 Å². The Bertz CT molecular complexity index is 1210. The second kappa shape index (κ2) is 8.24. The molecule has 1 atom stereocenters. The fourth-order valence-corrected chi connectivity index (χ4v) is 4.04. The smallest absolute Gasteiger partial charge is 0.300 e. The highest BCUT2D eigenvalue weighted by Crippen LogP contribution is 2.44. The summed E-state index contributed by atoms with van der Waals surface area (Å²) in [4.78, 5) is 31.9. The van der Waals surface area contributed by atoms with Gasteiger partial charge in [0, 0.05) is 23.1 Å². The molecule has 1 saturated heterocycles. The fraction of sp³-hybridized carbons (Fsp3) is 0.125. The van der Waals surface area contributed by atoms with Crippen molar-refractivity contribution >= 4 is 34.7 Å². The summed E-state index contributed by atoms with van der Waals surface area (Å²) in [6.45, 7) is 1.81. The molecule has 1 aromatic heterocycles. The number of anilines is 1. The Morgan fingerprint density at radius 1 is 1.13 bits per heavy atom. The predicted molar refractivity (Wildman–Crippen MR) is 118 cm³/mol. The molecule has 7 heteroatoms. The lowest BCUT2D eigenvalue weighted by Gasteiger charge is -2.26. The number of halogens is 1. The number of para-hydroxylation sites is 1. The number of hydrogen-bond donors (Lipinski definition) is 1. The second-order valence-electron chi connectivity index (χ2n) is 7.09. The maximum absolute atomic E-state index is 13.2. The first-order chi connectivity index (χ1) is 14.9. The Balaban J connectivity index is 1.99. The minimum Gasteiger partial charge on any atom is -0.507 e. The van der Waals surface area contributed by atoms with Crippen LogP contribution in [0.3, 0.4) is 0 Å². The maximum atomic E-state index is 13.2. The van der Waals surface area contributed by atoms with E-state index in [9.17, 15) is 14.7 Å². The first-order valence-electron chi connectivity index (χ1n) is 9.54. The van der Waals surface area contributed by atoms with Gasteiger partial charge < -0.3 is 9.84 Å². The van der Waals surface area contributed by atoms with Crippen LogP contribution in [0.2, 0.25) is 5.02 Å². The van der Waals surface area contributed by atoms with E-state index in [2.05, 4.69) is 4.98 Å². The van der Waals surface area contributed by atoms with Gasteiger partial charge in [-0.05, 0) is 54.4 Å².